The Morgan fingerprint density at radius 2 is 1.81 bits per heavy atom. The molecule has 112 valence electrons. The largest absolute Gasteiger partial charge is 0.495 e. The van der Waals surface area contributed by atoms with Gasteiger partial charge in [-0.05, 0) is 55.3 Å². The number of halogens is 1. The molecule has 2 rings (SSSR count). The fourth-order valence-corrected chi connectivity index (χ4v) is 3.27. The van der Waals surface area contributed by atoms with Gasteiger partial charge < -0.3 is 4.74 Å². The lowest BCUT2D eigenvalue weighted by atomic mass is 10.2. The average molecular weight is 370 g/mol. The predicted molar refractivity (Wildman–Crippen MR) is 87.4 cm³/mol. The van der Waals surface area contributed by atoms with Gasteiger partial charge in [0.25, 0.3) is 10.0 Å². The van der Waals surface area contributed by atoms with Crippen LogP contribution in [-0.2, 0) is 10.0 Å². The summed E-state index contributed by atoms with van der Waals surface area (Å²) >= 11 is 3.36. The number of methoxy groups -OCH3 is 1. The van der Waals surface area contributed by atoms with Crippen molar-refractivity contribution in [2.75, 3.05) is 11.8 Å². The molecule has 0 saturated heterocycles. The van der Waals surface area contributed by atoms with Crippen LogP contribution in [0.25, 0.3) is 0 Å². The standard InChI is InChI=1S/C15H16BrNO3S/c1-10-4-7-14(15(8-10)20-3)17-21(18,19)12-5-6-13(16)11(2)9-12/h4-9,17H,1-3H3. The van der Waals surface area contributed by atoms with E-state index in [-0.39, 0.29) is 4.90 Å². The van der Waals surface area contributed by atoms with Crippen LogP contribution in [0.1, 0.15) is 11.1 Å². The molecule has 21 heavy (non-hydrogen) atoms. The Morgan fingerprint density at radius 1 is 1.10 bits per heavy atom. The highest BCUT2D eigenvalue weighted by atomic mass is 79.9. The number of hydrogen-bond donors (Lipinski definition) is 1. The maximum atomic E-state index is 12.4. The first-order valence-corrected chi connectivity index (χ1v) is 8.55. The third-order valence-electron chi connectivity index (χ3n) is 3.04. The molecule has 0 aliphatic rings. The Hall–Kier alpha value is -1.53. The molecule has 0 amide bonds. The van der Waals surface area contributed by atoms with Crippen LogP contribution in [0.4, 0.5) is 5.69 Å². The van der Waals surface area contributed by atoms with Crippen molar-refractivity contribution < 1.29 is 13.2 Å². The molecule has 0 saturated carbocycles. The van der Waals surface area contributed by atoms with Gasteiger partial charge in [0.2, 0.25) is 0 Å². The zero-order valence-electron chi connectivity index (χ0n) is 12.0. The number of sulfonamides is 1. The van der Waals surface area contributed by atoms with Gasteiger partial charge >= 0.3 is 0 Å². The van der Waals surface area contributed by atoms with E-state index in [9.17, 15) is 8.42 Å². The van der Waals surface area contributed by atoms with E-state index in [1.54, 1.807) is 30.3 Å². The topological polar surface area (TPSA) is 55.4 Å². The molecule has 0 aromatic heterocycles. The highest BCUT2D eigenvalue weighted by molar-refractivity contribution is 9.10. The molecule has 0 spiro atoms. The number of ether oxygens (including phenoxy) is 1. The number of rotatable bonds is 4. The first-order valence-electron chi connectivity index (χ1n) is 6.27. The van der Waals surface area contributed by atoms with Crippen molar-refractivity contribution in [1.29, 1.82) is 0 Å². The summed E-state index contributed by atoms with van der Waals surface area (Å²) in [4.78, 5) is 0.214. The summed E-state index contributed by atoms with van der Waals surface area (Å²) in [5.74, 6) is 0.493. The van der Waals surface area contributed by atoms with E-state index in [1.165, 1.54) is 7.11 Å². The van der Waals surface area contributed by atoms with E-state index in [4.69, 9.17) is 4.74 Å². The molecule has 0 unspecified atom stereocenters. The highest BCUT2D eigenvalue weighted by Gasteiger charge is 2.17. The first-order chi connectivity index (χ1) is 9.83. The second-order valence-electron chi connectivity index (χ2n) is 4.72. The minimum Gasteiger partial charge on any atom is -0.495 e. The normalized spacial score (nSPS) is 11.2. The number of nitrogens with one attached hydrogen (secondary N) is 1. The molecule has 0 heterocycles. The molecule has 1 N–H and O–H groups in total. The zero-order chi connectivity index (χ0) is 15.6. The van der Waals surface area contributed by atoms with Crippen LogP contribution in [0.15, 0.2) is 45.8 Å². The van der Waals surface area contributed by atoms with Crippen LogP contribution in [0, 0.1) is 13.8 Å². The summed E-state index contributed by atoms with van der Waals surface area (Å²) in [6.45, 7) is 3.76. The molecular weight excluding hydrogens is 354 g/mol. The summed E-state index contributed by atoms with van der Waals surface area (Å²) in [5.41, 5.74) is 2.27. The lowest BCUT2D eigenvalue weighted by Gasteiger charge is -2.13. The van der Waals surface area contributed by atoms with E-state index in [2.05, 4.69) is 20.7 Å². The van der Waals surface area contributed by atoms with Gasteiger partial charge in [0.1, 0.15) is 5.75 Å². The Kier molecular flexibility index (Phi) is 4.58. The maximum Gasteiger partial charge on any atom is 0.262 e. The van der Waals surface area contributed by atoms with Gasteiger partial charge in [-0.2, -0.15) is 0 Å². The molecule has 0 radical (unpaired) electrons. The van der Waals surface area contributed by atoms with Crippen molar-refractivity contribution in [3.63, 3.8) is 0 Å². The lowest BCUT2D eigenvalue weighted by Crippen LogP contribution is -2.14. The van der Waals surface area contributed by atoms with E-state index >= 15 is 0 Å². The van der Waals surface area contributed by atoms with Gasteiger partial charge in [0.15, 0.2) is 0 Å². The molecule has 6 heteroatoms. The first kappa shape index (κ1) is 15.9. The van der Waals surface area contributed by atoms with Crippen molar-refractivity contribution in [2.45, 2.75) is 18.7 Å². The van der Waals surface area contributed by atoms with Gasteiger partial charge in [0, 0.05) is 4.47 Å². The van der Waals surface area contributed by atoms with Crippen LogP contribution >= 0.6 is 15.9 Å². The second kappa shape index (κ2) is 6.07. The smallest absolute Gasteiger partial charge is 0.262 e. The monoisotopic (exact) mass is 369 g/mol. The van der Waals surface area contributed by atoms with Crippen molar-refractivity contribution in [3.05, 3.63) is 52.0 Å². The molecule has 0 aliphatic carbocycles. The average Bonchev–Trinajstić information content (AvgIpc) is 2.43. The third kappa shape index (κ3) is 3.57. The molecule has 4 nitrogen and oxygen atoms in total. The van der Waals surface area contributed by atoms with Gasteiger partial charge in [-0.15, -0.1) is 0 Å². The van der Waals surface area contributed by atoms with E-state index in [1.807, 2.05) is 19.9 Å². The minimum absolute atomic E-state index is 0.214. The summed E-state index contributed by atoms with van der Waals surface area (Å²) < 4.78 is 33.5. The van der Waals surface area contributed by atoms with Crippen molar-refractivity contribution in [1.82, 2.24) is 0 Å². The number of hydrogen-bond acceptors (Lipinski definition) is 3. The zero-order valence-corrected chi connectivity index (χ0v) is 14.4. The Labute approximate surface area is 133 Å². The molecule has 2 aromatic rings. The maximum absolute atomic E-state index is 12.4. The van der Waals surface area contributed by atoms with E-state index in [0.717, 1.165) is 15.6 Å². The highest BCUT2D eigenvalue weighted by Crippen LogP contribution is 2.28. The fourth-order valence-electron chi connectivity index (χ4n) is 1.87. The van der Waals surface area contributed by atoms with Gasteiger partial charge in [-0.25, -0.2) is 8.42 Å². The molecule has 2 aromatic carbocycles. The van der Waals surface area contributed by atoms with Gasteiger partial charge in [0.05, 0.1) is 17.7 Å². The van der Waals surface area contributed by atoms with Crippen LogP contribution in [0.2, 0.25) is 0 Å². The lowest BCUT2D eigenvalue weighted by molar-refractivity contribution is 0.416. The van der Waals surface area contributed by atoms with E-state index in [0.29, 0.717) is 11.4 Å². The number of aryl methyl sites for hydroxylation is 2. The Morgan fingerprint density at radius 3 is 2.43 bits per heavy atom. The van der Waals surface area contributed by atoms with Crippen molar-refractivity contribution >= 4 is 31.6 Å². The van der Waals surface area contributed by atoms with E-state index < -0.39 is 10.0 Å². The molecule has 0 fully saturated rings. The van der Waals surface area contributed by atoms with Crippen molar-refractivity contribution in [2.24, 2.45) is 0 Å². The van der Waals surface area contributed by atoms with Crippen LogP contribution in [0.5, 0.6) is 5.75 Å². The second-order valence-corrected chi connectivity index (χ2v) is 7.26. The SMILES string of the molecule is COc1cc(C)ccc1NS(=O)(=O)c1ccc(Br)c(C)c1. The summed E-state index contributed by atoms with van der Waals surface area (Å²) in [7, 11) is -2.14. The van der Waals surface area contributed by atoms with Crippen LogP contribution in [0.3, 0.4) is 0 Å². The number of benzene rings is 2. The molecule has 0 aliphatic heterocycles. The van der Waals surface area contributed by atoms with Crippen LogP contribution < -0.4 is 9.46 Å². The predicted octanol–water partition coefficient (Wildman–Crippen LogP) is 3.88. The summed E-state index contributed by atoms with van der Waals surface area (Å²) in [6, 6.07) is 10.2. The molecule has 0 bridgehead atoms. The van der Waals surface area contributed by atoms with Crippen molar-refractivity contribution in [3.8, 4) is 5.75 Å². The van der Waals surface area contributed by atoms with Gasteiger partial charge in [-0.1, -0.05) is 22.0 Å². The minimum atomic E-state index is -3.65. The van der Waals surface area contributed by atoms with Crippen LogP contribution in [-0.4, -0.2) is 15.5 Å². The fraction of sp³-hybridized carbons (Fsp3) is 0.200. The third-order valence-corrected chi connectivity index (χ3v) is 5.29. The summed E-state index contributed by atoms with van der Waals surface area (Å²) in [5, 5.41) is 0. The van der Waals surface area contributed by atoms with Gasteiger partial charge in [-0.3, -0.25) is 4.72 Å². The summed E-state index contributed by atoms with van der Waals surface area (Å²) in [6.07, 6.45) is 0. The number of anilines is 1. The Balaban J connectivity index is 2.39. The molecular formula is C15H16BrNO3S. The molecule has 0 atom stereocenters. The Bertz CT molecular complexity index is 772. The quantitative estimate of drug-likeness (QED) is 0.889.